The Hall–Kier alpha value is -0.430. The molecule has 1 aromatic rings. The molecule has 0 saturated carbocycles. The summed E-state index contributed by atoms with van der Waals surface area (Å²) in [5.74, 6) is 0.320. The third-order valence-electron chi connectivity index (χ3n) is 2.69. The molecule has 0 amide bonds. The van der Waals surface area contributed by atoms with Crippen LogP contribution in [0, 0.1) is 12.8 Å². The highest BCUT2D eigenvalue weighted by molar-refractivity contribution is 7.89. The first-order valence-electron chi connectivity index (χ1n) is 5.60. The highest BCUT2D eigenvalue weighted by Crippen LogP contribution is 2.25. The van der Waals surface area contributed by atoms with Crippen LogP contribution < -0.4 is 4.72 Å². The van der Waals surface area contributed by atoms with Crippen LogP contribution in [0.4, 0.5) is 0 Å². The normalized spacial score (nSPS) is 13.9. The van der Waals surface area contributed by atoms with E-state index in [-0.39, 0.29) is 11.5 Å². The number of hydrogen-bond donors (Lipinski definition) is 2. The van der Waals surface area contributed by atoms with Crippen LogP contribution in [-0.2, 0) is 16.6 Å². The van der Waals surface area contributed by atoms with Crippen molar-refractivity contribution in [3.8, 4) is 0 Å². The van der Waals surface area contributed by atoms with E-state index in [0.29, 0.717) is 22.2 Å². The summed E-state index contributed by atoms with van der Waals surface area (Å²) in [5, 5.41) is 8.99. The molecule has 2 N–H and O–H groups in total. The summed E-state index contributed by atoms with van der Waals surface area (Å²) in [5.41, 5.74) is 0. The molecule has 1 rings (SSSR count). The van der Waals surface area contributed by atoms with Crippen molar-refractivity contribution in [2.75, 3.05) is 6.54 Å². The Morgan fingerprint density at radius 1 is 1.53 bits per heavy atom. The van der Waals surface area contributed by atoms with Gasteiger partial charge in [-0.05, 0) is 18.9 Å². The van der Waals surface area contributed by atoms with E-state index < -0.39 is 10.0 Å². The summed E-state index contributed by atoms with van der Waals surface area (Å²) < 4.78 is 26.6. The second kappa shape index (κ2) is 5.95. The molecule has 0 saturated heterocycles. The topological polar surface area (TPSA) is 66.4 Å². The molecule has 98 valence electrons. The van der Waals surface area contributed by atoms with E-state index in [9.17, 15) is 8.42 Å². The Morgan fingerprint density at radius 2 is 2.18 bits per heavy atom. The largest absolute Gasteiger partial charge is 0.391 e. The van der Waals surface area contributed by atoms with Crippen LogP contribution in [0.2, 0.25) is 0 Å². The standard InChI is InChI=1S/C11H19NO3S2/c1-4-8(2)6-12-17(14,15)11-5-10(7-13)16-9(11)3/h5,8,12-13H,4,6-7H2,1-3H3. The number of hydrogen-bond acceptors (Lipinski definition) is 4. The lowest BCUT2D eigenvalue weighted by molar-refractivity contribution is 0.285. The smallest absolute Gasteiger partial charge is 0.241 e. The summed E-state index contributed by atoms with van der Waals surface area (Å²) in [7, 11) is -3.44. The molecule has 0 aliphatic heterocycles. The summed E-state index contributed by atoms with van der Waals surface area (Å²) in [6.07, 6.45) is 0.938. The summed E-state index contributed by atoms with van der Waals surface area (Å²) in [4.78, 5) is 1.67. The van der Waals surface area contributed by atoms with Crippen molar-refractivity contribution in [2.24, 2.45) is 5.92 Å². The third kappa shape index (κ3) is 3.77. The maximum absolute atomic E-state index is 12.0. The van der Waals surface area contributed by atoms with E-state index in [1.807, 2.05) is 13.8 Å². The van der Waals surface area contributed by atoms with Crippen molar-refractivity contribution in [3.63, 3.8) is 0 Å². The van der Waals surface area contributed by atoms with Crippen molar-refractivity contribution in [1.29, 1.82) is 0 Å². The van der Waals surface area contributed by atoms with Crippen LogP contribution in [0.5, 0.6) is 0 Å². The highest BCUT2D eigenvalue weighted by Gasteiger charge is 2.19. The SMILES string of the molecule is CCC(C)CNS(=O)(=O)c1cc(CO)sc1C. The van der Waals surface area contributed by atoms with E-state index in [0.717, 1.165) is 6.42 Å². The van der Waals surface area contributed by atoms with Crippen LogP contribution in [0.15, 0.2) is 11.0 Å². The van der Waals surface area contributed by atoms with Gasteiger partial charge in [0.25, 0.3) is 0 Å². The fourth-order valence-electron chi connectivity index (χ4n) is 1.34. The van der Waals surface area contributed by atoms with E-state index in [1.165, 1.54) is 11.3 Å². The van der Waals surface area contributed by atoms with Crippen LogP contribution in [-0.4, -0.2) is 20.1 Å². The summed E-state index contributed by atoms with van der Waals surface area (Å²) in [6, 6.07) is 1.54. The van der Waals surface area contributed by atoms with Crippen molar-refractivity contribution in [1.82, 2.24) is 4.72 Å². The fraction of sp³-hybridized carbons (Fsp3) is 0.636. The molecular weight excluding hydrogens is 258 g/mol. The Morgan fingerprint density at radius 3 is 2.65 bits per heavy atom. The van der Waals surface area contributed by atoms with E-state index in [2.05, 4.69) is 4.72 Å². The van der Waals surface area contributed by atoms with Gasteiger partial charge in [0.15, 0.2) is 0 Å². The number of sulfonamides is 1. The molecule has 1 unspecified atom stereocenters. The van der Waals surface area contributed by atoms with Gasteiger partial charge in [-0.3, -0.25) is 0 Å². The first kappa shape index (κ1) is 14.6. The number of aryl methyl sites for hydroxylation is 1. The van der Waals surface area contributed by atoms with Crippen molar-refractivity contribution in [2.45, 2.75) is 38.7 Å². The minimum Gasteiger partial charge on any atom is -0.391 e. The first-order valence-corrected chi connectivity index (χ1v) is 7.90. The molecule has 17 heavy (non-hydrogen) atoms. The lowest BCUT2D eigenvalue weighted by atomic mass is 10.1. The van der Waals surface area contributed by atoms with Crippen molar-refractivity contribution < 1.29 is 13.5 Å². The van der Waals surface area contributed by atoms with Crippen LogP contribution >= 0.6 is 11.3 Å². The van der Waals surface area contributed by atoms with E-state index in [1.54, 1.807) is 13.0 Å². The van der Waals surface area contributed by atoms with Gasteiger partial charge in [0.1, 0.15) is 0 Å². The molecule has 1 heterocycles. The maximum Gasteiger partial charge on any atom is 0.241 e. The van der Waals surface area contributed by atoms with Gasteiger partial charge in [-0.2, -0.15) is 0 Å². The molecular formula is C11H19NO3S2. The number of nitrogens with one attached hydrogen (secondary N) is 1. The van der Waals surface area contributed by atoms with Crippen molar-refractivity contribution >= 4 is 21.4 Å². The van der Waals surface area contributed by atoms with Gasteiger partial charge < -0.3 is 5.11 Å². The second-order valence-electron chi connectivity index (χ2n) is 4.16. The molecule has 0 aliphatic rings. The Balaban J connectivity index is 2.85. The quantitative estimate of drug-likeness (QED) is 0.834. The highest BCUT2D eigenvalue weighted by atomic mass is 32.2. The predicted octanol–water partition coefficient (Wildman–Crippen LogP) is 1.87. The van der Waals surface area contributed by atoms with Gasteiger partial charge in [-0.1, -0.05) is 20.3 Å². The molecule has 0 radical (unpaired) electrons. The van der Waals surface area contributed by atoms with E-state index >= 15 is 0 Å². The van der Waals surface area contributed by atoms with Gasteiger partial charge >= 0.3 is 0 Å². The number of aliphatic hydroxyl groups excluding tert-OH is 1. The lowest BCUT2D eigenvalue weighted by Crippen LogP contribution is -2.28. The van der Waals surface area contributed by atoms with Gasteiger partial charge in [0, 0.05) is 16.3 Å². The molecule has 0 fully saturated rings. The zero-order chi connectivity index (χ0) is 13.1. The number of aliphatic hydroxyl groups is 1. The molecule has 0 aromatic carbocycles. The van der Waals surface area contributed by atoms with E-state index in [4.69, 9.17) is 5.11 Å². The summed E-state index contributed by atoms with van der Waals surface area (Å²) in [6.45, 7) is 6.11. The Bertz CT molecular complexity index is 465. The fourth-order valence-corrected chi connectivity index (χ4v) is 4.00. The molecule has 0 bridgehead atoms. The van der Waals surface area contributed by atoms with Gasteiger partial charge in [-0.15, -0.1) is 11.3 Å². The Labute approximate surface area is 107 Å². The number of thiophene rings is 1. The molecule has 0 spiro atoms. The molecule has 0 aliphatic carbocycles. The van der Waals surface area contributed by atoms with Crippen LogP contribution in [0.1, 0.15) is 30.0 Å². The average Bonchev–Trinajstić information content (AvgIpc) is 2.68. The second-order valence-corrected chi connectivity index (χ2v) is 7.23. The molecule has 4 nitrogen and oxygen atoms in total. The average molecular weight is 277 g/mol. The first-order chi connectivity index (χ1) is 7.90. The van der Waals surface area contributed by atoms with Gasteiger partial charge in [-0.25, -0.2) is 13.1 Å². The summed E-state index contributed by atoms with van der Waals surface area (Å²) >= 11 is 1.31. The minimum atomic E-state index is -3.44. The minimum absolute atomic E-state index is 0.119. The van der Waals surface area contributed by atoms with Gasteiger partial charge in [0.05, 0.1) is 11.5 Å². The Kier molecular flexibility index (Phi) is 5.12. The molecule has 1 aromatic heterocycles. The lowest BCUT2D eigenvalue weighted by Gasteiger charge is -2.10. The van der Waals surface area contributed by atoms with Crippen LogP contribution in [0.25, 0.3) is 0 Å². The van der Waals surface area contributed by atoms with Gasteiger partial charge in [0.2, 0.25) is 10.0 Å². The molecule has 1 atom stereocenters. The van der Waals surface area contributed by atoms with Crippen molar-refractivity contribution in [3.05, 3.63) is 15.8 Å². The number of rotatable bonds is 6. The monoisotopic (exact) mass is 277 g/mol. The zero-order valence-corrected chi connectivity index (χ0v) is 12.0. The molecule has 6 heteroatoms. The maximum atomic E-state index is 12.0. The third-order valence-corrected chi connectivity index (χ3v) is 5.40. The predicted molar refractivity (Wildman–Crippen MR) is 69.6 cm³/mol. The van der Waals surface area contributed by atoms with Crippen LogP contribution in [0.3, 0.4) is 0 Å². The zero-order valence-electron chi connectivity index (χ0n) is 10.4.